The average molecular weight is 586 g/mol. The van der Waals surface area contributed by atoms with Crippen LogP contribution in [0.5, 0.6) is 11.5 Å². The molecule has 12 heteroatoms. The van der Waals surface area contributed by atoms with E-state index < -0.39 is 10.0 Å². The summed E-state index contributed by atoms with van der Waals surface area (Å²) >= 11 is 5.53. The van der Waals surface area contributed by atoms with E-state index in [9.17, 15) is 8.42 Å². The Morgan fingerprint density at radius 2 is 1.59 bits per heavy atom. The van der Waals surface area contributed by atoms with Crippen LogP contribution in [-0.4, -0.2) is 33.3 Å². The van der Waals surface area contributed by atoms with Crippen molar-refractivity contribution >= 4 is 44.7 Å². The highest BCUT2D eigenvalue weighted by molar-refractivity contribution is 7.92. The monoisotopic (exact) mass is 585 g/mol. The maximum absolute atomic E-state index is 12.6. The van der Waals surface area contributed by atoms with Gasteiger partial charge in [0.15, 0.2) is 5.11 Å². The van der Waals surface area contributed by atoms with Crippen LogP contribution in [0.2, 0.25) is 0 Å². The van der Waals surface area contributed by atoms with Crippen molar-refractivity contribution in [3.63, 3.8) is 0 Å². The number of hydrogen-bond acceptors (Lipinski definition) is 7. The number of aromatic nitrogens is 4. The van der Waals surface area contributed by atoms with Gasteiger partial charge in [-0.1, -0.05) is 30.3 Å². The maximum Gasteiger partial charge on any atom is 0.264 e. The predicted molar refractivity (Wildman–Crippen MR) is 163 cm³/mol. The minimum Gasteiger partial charge on any atom is -0.457 e. The number of nitrogens with zero attached hydrogens (tertiary/aromatic N) is 4. The molecule has 2 aromatic heterocycles. The summed E-state index contributed by atoms with van der Waals surface area (Å²) < 4.78 is 35.5. The van der Waals surface area contributed by atoms with Crippen molar-refractivity contribution in [2.75, 3.05) is 15.4 Å². The molecule has 3 N–H and O–H groups in total. The minimum atomic E-state index is -3.83. The van der Waals surface area contributed by atoms with Crippen LogP contribution in [0.15, 0.2) is 102 Å². The molecule has 0 bridgehead atoms. The first-order valence-electron chi connectivity index (χ1n) is 12.6. The number of benzene rings is 3. The Hall–Kier alpha value is -4.81. The van der Waals surface area contributed by atoms with Gasteiger partial charge in [0.2, 0.25) is 5.95 Å². The fourth-order valence-corrected chi connectivity index (χ4v) is 5.24. The van der Waals surface area contributed by atoms with E-state index >= 15 is 0 Å². The Kier molecular flexibility index (Phi) is 8.22. The molecule has 0 unspecified atom stereocenters. The largest absolute Gasteiger partial charge is 0.457 e. The lowest BCUT2D eigenvalue weighted by Gasteiger charge is -2.12. The number of thiocarbonyl (C=S) groups is 1. The van der Waals surface area contributed by atoms with Crippen LogP contribution in [0, 0.1) is 13.8 Å². The predicted octanol–water partition coefficient (Wildman–Crippen LogP) is 5.74. The molecule has 10 nitrogen and oxygen atoms in total. The van der Waals surface area contributed by atoms with Crippen LogP contribution in [0.1, 0.15) is 17.0 Å². The summed E-state index contributed by atoms with van der Waals surface area (Å²) in [7, 11) is -3.83. The van der Waals surface area contributed by atoms with Gasteiger partial charge in [-0.05, 0) is 86.2 Å². The lowest BCUT2D eigenvalue weighted by atomic mass is 10.2. The van der Waals surface area contributed by atoms with Gasteiger partial charge < -0.3 is 15.4 Å². The van der Waals surface area contributed by atoms with E-state index in [1.54, 1.807) is 18.2 Å². The third-order valence-corrected chi connectivity index (χ3v) is 7.59. The normalized spacial score (nSPS) is 11.1. The molecule has 3 aromatic carbocycles. The molecule has 0 atom stereocenters. The Bertz CT molecular complexity index is 1760. The fraction of sp³-hybridized carbons (Fsp3) is 0.103. The van der Waals surface area contributed by atoms with E-state index in [0.717, 1.165) is 34.1 Å². The van der Waals surface area contributed by atoms with Crippen molar-refractivity contribution in [1.29, 1.82) is 0 Å². The zero-order valence-corrected chi connectivity index (χ0v) is 23.9. The number of rotatable bonds is 9. The minimum absolute atomic E-state index is 0.000382. The SMILES string of the molecule is Cc1nn(Cc2cccc(Oc3ccccc3)c2)c(C)c1NC(=S)Nc1ccc(S(=O)(=O)Nc2ncccn2)cc1. The van der Waals surface area contributed by atoms with Crippen LogP contribution < -0.4 is 20.1 Å². The fourth-order valence-electron chi connectivity index (χ4n) is 4.06. The van der Waals surface area contributed by atoms with Gasteiger partial charge in [-0.3, -0.25) is 4.68 Å². The lowest BCUT2D eigenvalue weighted by molar-refractivity contribution is 0.481. The van der Waals surface area contributed by atoms with Gasteiger partial charge in [0.05, 0.1) is 28.5 Å². The number of hydrogen-bond donors (Lipinski definition) is 3. The molecule has 5 aromatic rings. The summed E-state index contributed by atoms with van der Waals surface area (Å²) in [5.74, 6) is 1.53. The number of nitrogens with one attached hydrogen (secondary N) is 3. The van der Waals surface area contributed by atoms with Gasteiger partial charge >= 0.3 is 0 Å². The van der Waals surface area contributed by atoms with Gasteiger partial charge in [0.25, 0.3) is 10.0 Å². The van der Waals surface area contributed by atoms with Gasteiger partial charge in [-0.2, -0.15) is 5.10 Å². The highest BCUT2D eigenvalue weighted by Gasteiger charge is 2.16. The van der Waals surface area contributed by atoms with Crippen molar-refractivity contribution in [1.82, 2.24) is 19.7 Å². The Balaban J connectivity index is 1.22. The highest BCUT2D eigenvalue weighted by atomic mass is 32.2. The second-order valence-corrected chi connectivity index (χ2v) is 11.1. The second-order valence-electron chi connectivity index (χ2n) is 9.05. The van der Waals surface area contributed by atoms with E-state index in [2.05, 4.69) is 25.3 Å². The molecule has 0 fully saturated rings. The summed E-state index contributed by atoms with van der Waals surface area (Å²) in [6.07, 6.45) is 2.91. The summed E-state index contributed by atoms with van der Waals surface area (Å²) in [6, 6.07) is 25.3. The van der Waals surface area contributed by atoms with Crippen LogP contribution >= 0.6 is 12.2 Å². The van der Waals surface area contributed by atoms with Crippen molar-refractivity contribution in [2.24, 2.45) is 0 Å². The molecule has 0 aliphatic rings. The van der Waals surface area contributed by atoms with Crippen molar-refractivity contribution < 1.29 is 13.2 Å². The number of ether oxygens (including phenoxy) is 1. The van der Waals surface area contributed by atoms with E-state index in [1.807, 2.05) is 73.1 Å². The summed E-state index contributed by atoms with van der Waals surface area (Å²) in [4.78, 5) is 7.86. The molecule has 2 heterocycles. The van der Waals surface area contributed by atoms with Crippen LogP contribution in [0.25, 0.3) is 0 Å². The average Bonchev–Trinajstić information content (AvgIpc) is 3.21. The zero-order chi connectivity index (χ0) is 28.8. The van der Waals surface area contributed by atoms with E-state index in [-0.39, 0.29) is 10.8 Å². The van der Waals surface area contributed by atoms with E-state index in [0.29, 0.717) is 17.3 Å². The molecule has 0 aliphatic carbocycles. The highest BCUT2D eigenvalue weighted by Crippen LogP contribution is 2.25. The number of sulfonamides is 1. The first-order chi connectivity index (χ1) is 19.8. The summed E-state index contributed by atoms with van der Waals surface area (Å²) in [6.45, 7) is 4.43. The Labute approximate surface area is 243 Å². The Morgan fingerprint density at radius 3 is 2.32 bits per heavy atom. The van der Waals surface area contributed by atoms with Gasteiger partial charge in [-0.15, -0.1) is 0 Å². The molecular formula is C29H27N7O3S2. The summed E-state index contributed by atoms with van der Waals surface area (Å²) in [5, 5.41) is 11.4. The van der Waals surface area contributed by atoms with Crippen LogP contribution in [-0.2, 0) is 16.6 Å². The molecule has 0 saturated heterocycles. The molecular weight excluding hydrogens is 558 g/mol. The van der Waals surface area contributed by atoms with Crippen LogP contribution in [0.3, 0.4) is 0 Å². The first kappa shape index (κ1) is 27.7. The first-order valence-corrected chi connectivity index (χ1v) is 14.5. The smallest absolute Gasteiger partial charge is 0.264 e. The lowest BCUT2D eigenvalue weighted by Crippen LogP contribution is -2.20. The molecule has 0 aliphatic heterocycles. The maximum atomic E-state index is 12.6. The molecule has 5 rings (SSSR count). The molecule has 0 saturated carbocycles. The number of para-hydroxylation sites is 1. The van der Waals surface area contributed by atoms with E-state index in [4.69, 9.17) is 22.1 Å². The molecule has 41 heavy (non-hydrogen) atoms. The molecule has 0 amide bonds. The van der Waals surface area contributed by atoms with Crippen molar-refractivity contribution in [2.45, 2.75) is 25.3 Å². The molecule has 208 valence electrons. The van der Waals surface area contributed by atoms with Crippen molar-refractivity contribution in [3.05, 3.63) is 114 Å². The van der Waals surface area contributed by atoms with E-state index in [1.165, 1.54) is 24.5 Å². The van der Waals surface area contributed by atoms with Crippen molar-refractivity contribution in [3.8, 4) is 11.5 Å². The molecule has 0 radical (unpaired) electrons. The molecule has 0 spiro atoms. The standard InChI is InChI=1S/C29H27N7O3S2/c1-20-27(21(2)36(34-20)19-22-8-6-11-25(18-22)39-24-9-4-3-5-10-24)33-29(40)32-23-12-14-26(15-13-23)41(37,38)35-28-30-16-7-17-31-28/h3-18H,19H2,1-2H3,(H,30,31,35)(H2,32,33,40). The number of aryl methyl sites for hydroxylation is 1. The second kappa shape index (κ2) is 12.1. The third kappa shape index (κ3) is 7.04. The topological polar surface area (TPSA) is 123 Å². The number of anilines is 3. The van der Waals surface area contributed by atoms with Gasteiger partial charge in [0.1, 0.15) is 11.5 Å². The summed E-state index contributed by atoms with van der Waals surface area (Å²) in [5.41, 5.74) is 4.16. The third-order valence-electron chi connectivity index (χ3n) is 6.04. The quantitative estimate of drug-likeness (QED) is 0.186. The van der Waals surface area contributed by atoms with Gasteiger partial charge in [-0.25, -0.2) is 23.1 Å². The van der Waals surface area contributed by atoms with Gasteiger partial charge in [0, 0.05) is 18.1 Å². The Morgan fingerprint density at radius 1 is 0.878 bits per heavy atom. The zero-order valence-electron chi connectivity index (χ0n) is 22.3. The van der Waals surface area contributed by atoms with Crippen LogP contribution in [0.4, 0.5) is 17.3 Å².